The zero-order valence-electron chi connectivity index (χ0n) is 14.6. The van der Waals surface area contributed by atoms with Crippen molar-refractivity contribution < 1.29 is 4.74 Å². The van der Waals surface area contributed by atoms with E-state index in [1.54, 1.807) is 0 Å². The number of nitrogens with zero attached hydrogens (tertiary/aromatic N) is 1. The van der Waals surface area contributed by atoms with Crippen molar-refractivity contribution in [1.29, 1.82) is 0 Å². The minimum atomic E-state index is 0.227. The zero-order chi connectivity index (χ0) is 17.5. The fraction of sp³-hybridized carbons (Fsp3) is 0.174. The highest BCUT2D eigenvalue weighted by Gasteiger charge is 2.37. The molecule has 0 aromatic heterocycles. The fourth-order valence-electron chi connectivity index (χ4n) is 3.69. The van der Waals surface area contributed by atoms with E-state index in [-0.39, 0.29) is 11.2 Å². The Hall–Kier alpha value is -2.52. The molecule has 3 heteroatoms. The van der Waals surface area contributed by atoms with Crippen molar-refractivity contribution in [3.63, 3.8) is 0 Å². The molecule has 2 nitrogen and oxygen atoms in total. The maximum atomic E-state index is 6.13. The van der Waals surface area contributed by atoms with E-state index in [9.17, 15) is 0 Å². The smallest absolute Gasteiger partial charge is 0.128 e. The van der Waals surface area contributed by atoms with Gasteiger partial charge in [0.05, 0.1) is 23.9 Å². The first kappa shape index (κ1) is 15.7. The third-order valence-corrected chi connectivity index (χ3v) is 6.52. The summed E-state index contributed by atoms with van der Waals surface area (Å²) in [7, 11) is 0. The number of hydrogen-bond acceptors (Lipinski definition) is 3. The van der Waals surface area contributed by atoms with Crippen molar-refractivity contribution in [2.45, 2.75) is 17.1 Å². The molecule has 128 valence electrons. The number of aliphatic imine (C=N–C) groups is 1. The number of para-hydroxylation sites is 2. The summed E-state index contributed by atoms with van der Waals surface area (Å²) in [6, 6.07) is 25.6. The number of benzene rings is 3. The molecular formula is C23H19NOS. The summed E-state index contributed by atoms with van der Waals surface area (Å²) in [5.41, 5.74) is 5.95. The van der Waals surface area contributed by atoms with Gasteiger partial charge < -0.3 is 4.74 Å². The van der Waals surface area contributed by atoms with Gasteiger partial charge in [-0.1, -0.05) is 54.1 Å². The maximum Gasteiger partial charge on any atom is 0.128 e. The lowest BCUT2D eigenvalue weighted by molar-refractivity contribution is 0.271. The predicted octanol–water partition coefficient (Wildman–Crippen LogP) is 5.97. The average Bonchev–Trinajstić information content (AvgIpc) is 2.85. The molecule has 0 fully saturated rings. The van der Waals surface area contributed by atoms with Gasteiger partial charge in [0.2, 0.25) is 0 Å². The van der Waals surface area contributed by atoms with Gasteiger partial charge in [0.15, 0.2) is 0 Å². The molecule has 0 radical (unpaired) electrons. The summed E-state index contributed by atoms with van der Waals surface area (Å²) in [5, 5.41) is 0.284. The molecule has 3 aromatic carbocycles. The van der Waals surface area contributed by atoms with Crippen LogP contribution in [0.2, 0.25) is 0 Å². The maximum absolute atomic E-state index is 6.13. The number of hydrogen-bond donors (Lipinski definition) is 0. The SMILES string of the molecule is Cc1ccc([C@@H]2Sc3ccccc3N=C3c4ccccc4OC[C@H]32)cc1. The Morgan fingerprint density at radius 1 is 0.923 bits per heavy atom. The van der Waals surface area contributed by atoms with Crippen LogP contribution >= 0.6 is 11.8 Å². The minimum Gasteiger partial charge on any atom is -0.492 e. The normalized spacial score (nSPS) is 20.7. The third kappa shape index (κ3) is 2.63. The highest BCUT2D eigenvalue weighted by Crippen LogP contribution is 2.50. The lowest BCUT2D eigenvalue weighted by Crippen LogP contribution is -2.31. The highest BCUT2D eigenvalue weighted by atomic mass is 32.2. The summed E-state index contributed by atoms with van der Waals surface area (Å²) in [4.78, 5) is 6.35. The molecular weight excluding hydrogens is 338 g/mol. The zero-order valence-corrected chi connectivity index (χ0v) is 15.4. The van der Waals surface area contributed by atoms with Crippen molar-refractivity contribution >= 4 is 23.2 Å². The van der Waals surface area contributed by atoms with Gasteiger partial charge in [0.25, 0.3) is 0 Å². The first-order valence-electron chi connectivity index (χ1n) is 8.92. The molecule has 0 spiro atoms. The van der Waals surface area contributed by atoms with Crippen molar-refractivity contribution in [2.24, 2.45) is 10.9 Å². The summed E-state index contributed by atoms with van der Waals surface area (Å²) in [6.45, 7) is 2.79. The van der Waals surface area contributed by atoms with Crippen molar-refractivity contribution in [3.8, 4) is 5.75 Å². The van der Waals surface area contributed by atoms with E-state index in [1.807, 2.05) is 23.9 Å². The predicted molar refractivity (Wildman–Crippen MR) is 108 cm³/mol. The van der Waals surface area contributed by atoms with Crippen LogP contribution in [0.25, 0.3) is 0 Å². The lowest BCUT2D eigenvalue weighted by atomic mass is 9.88. The topological polar surface area (TPSA) is 21.6 Å². The molecule has 3 aromatic rings. The molecule has 0 N–H and O–H groups in total. The first-order chi connectivity index (χ1) is 12.8. The van der Waals surface area contributed by atoms with Gasteiger partial charge in [-0.3, -0.25) is 4.99 Å². The van der Waals surface area contributed by atoms with Crippen molar-refractivity contribution in [1.82, 2.24) is 0 Å². The summed E-state index contributed by atoms with van der Waals surface area (Å²) in [5.74, 6) is 1.17. The van der Waals surface area contributed by atoms with E-state index in [2.05, 4.69) is 67.6 Å². The number of aryl methyl sites for hydroxylation is 1. The molecule has 0 saturated carbocycles. The Morgan fingerprint density at radius 3 is 2.58 bits per heavy atom. The number of ether oxygens (including phenoxy) is 1. The molecule has 0 saturated heterocycles. The Labute approximate surface area is 157 Å². The van der Waals surface area contributed by atoms with Crippen LogP contribution in [0.3, 0.4) is 0 Å². The van der Waals surface area contributed by atoms with Crippen LogP contribution < -0.4 is 4.74 Å². The van der Waals surface area contributed by atoms with E-state index >= 15 is 0 Å². The number of rotatable bonds is 1. The van der Waals surface area contributed by atoms with Gasteiger partial charge in [-0.25, -0.2) is 0 Å². The van der Waals surface area contributed by atoms with Gasteiger partial charge in [0, 0.05) is 15.7 Å². The van der Waals surface area contributed by atoms with E-state index < -0.39 is 0 Å². The molecule has 0 aliphatic carbocycles. The van der Waals surface area contributed by atoms with Crippen LogP contribution in [-0.4, -0.2) is 12.3 Å². The van der Waals surface area contributed by atoms with Crippen LogP contribution in [0.1, 0.15) is 21.9 Å². The average molecular weight is 357 g/mol. The molecule has 0 bridgehead atoms. The fourth-order valence-corrected chi connectivity index (χ4v) is 5.02. The van der Waals surface area contributed by atoms with E-state index in [1.165, 1.54) is 16.0 Å². The number of thioether (sulfide) groups is 1. The molecule has 2 atom stereocenters. The second kappa shape index (κ2) is 6.33. The van der Waals surface area contributed by atoms with Gasteiger partial charge in [0.1, 0.15) is 5.75 Å². The molecule has 0 unspecified atom stereocenters. The molecule has 2 aliphatic heterocycles. The minimum absolute atomic E-state index is 0.227. The Balaban J connectivity index is 1.70. The van der Waals surface area contributed by atoms with Gasteiger partial charge in [-0.15, -0.1) is 11.8 Å². The second-order valence-corrected chi connectivity index (χ2v) is 8.01. The second-order valence-electron chi connectivity index (χ2n) is 6.83. The quantitative estimate of drug-likeness (QED) is 0.535. The van der Waals surface area contributed by atoms with Crippen LogP contribution in [0.4, 0.5) is 5.69 Å². The van der Waals surface area contributed by atoms with Gasteiger partial charge >= 0.3 is 0 Å². The van der Waals surface area contributed by atoms with E-state index in [0.29, 0.717) is 6.61 Å². The Kier molecular flexibility index (Phi) is 3.83. The Bertz CT molecular complexity index is 993. The van der Waals surface area contributed by atoms with E-state index in [4.69, 9.17) is 9.73 Å². The largest absolute Gasteiger partial charge is 0.492 e. The van der Waals surface area contributed by atoms with Crippen molar-refractivity contribution in [3.05, 3.63) is 89.5 Å². The molecule has 2 aliphatic rings. The summed E-state index contributed by atoms with van der Waals surface area (Å²) in [6.07, 6.45) is 0. The van der Waals surface area contributed by atoms with Crippen LogP contribution in [0, 0.1) is 12.8 Å². The van der Waals surface area contributed by atoms with Crippen LogP contribution in [0.15, 0.2) is 82.7 Å². The third-order valence-electron chi connectivity index (χ3n) is 5.06. The van der Waals surface area contributed by atoms with Gasteiger partial charge in [-0.2, -0.15) is 0 Å². The van der Waals surface area contributed by atoms with E-state index in [0.717, 1.165) is 22.7 Å². The molecule has 5 rings (SSSR count). The summed E-state index contributed by atoms with van der Waals surface area (Å²) >= 11 is 1.90. The highest BCUT2D eigenvalue weighted by molar-refractivity contribution is 7.99. The molecule has 26 heavy (non-hydrogen) atoms. The Morgan fingerprint density at radius 2 is 1.69 bits per heavy atom. The number of fused-ring (bicyclic) bond motifs is 4. The monoisotopic (exact) mass is 357 g/mol. The van der Waals surface area contributed by atoms with Crippen LogP contribution in [-0.2, 0) is 0 Å². The molecule has 0 amide bonds. The standard InChI is InChI=1S/C23H19NOS/c1-15-10-12-16(13-11-15)23-18-14-25-20-8-4-2-6-17(20)22(18)24-19-7-3-5-9-21(19)26-23/h2-13,18,23H,14H2,1H3/t18-,23+/m1/s1. The van der Waals surface area contributed by atoms with Crippen molar-refractivity contribution in [2.75, 3.05) is 6.61 Å². The first-order valence-corrected chi connectivity index (χ1v) is 9.80. The molecule has 2 heterocycles. The van der Waals surface area contributed by atoms with Gasteiger partial charge in [-0.05, 0) is 36.8 Å². The lowest BCUT2D eigenvalue weighted by Gasteiger charge is -2.31. The van der Waals surface area contributed by atoms with Crippen LogP contribution in [0.5, 0.6) is 5.75 Å². The summed E-state index contributed by atoms with van der Waals surface area (Å²) < 4.78 is 6.13.